The van der Waals surface area contributed by atoms with Crippen LogP contribution in [0, 0.1) is 24.7 Å². The smallest absolute Gasteiger partial charge is 0.248 e. The largest absolute Gasteiger partial charge is 0.507 e. The monoisotopic (exact) mass is 705 g/mol. The highest BCUT2D eigenvalue weighted by atomic mass is 35.5. The molecule has 1 aliphatic carbocycles. The lowest BCUT2D eigenvalue weighted by atomic mass is 9.83. The number of hydrogen-bond acceptors (Lipinski definition) is 9. The van der Waals surface area contributed by atoms with E-state index in [1.54, 1.807) is 58.1 Å². The summed E-state index contributed by atoms with van der Waals surface area (Å²) in [5.74, 6) is -5.52. The second kappa shape index (κ2) is 17.4. The summed E-state index contributed by atoms with van der Waals surface area (Å²) in [4.78, 5) is 66.2. The van der Waals surface area contributed by atoms with Gasteiger partial charge in [-0.3, -0.25) is 24.0 Å². The van der Waals surface area contributed by atoms with Gasteiger partial charge in [0.05, 0.1) is 23.9 Å². The molecule has 0 aromatic heterocycles. The summed E-state index contributed by atoms with van der Waals surface area (Å²) in [6.45, 7) is 9.66. The first-order chi connectivity index (χ1) is 23.5. The summed E-state index contributed by atoms with van der Waals surface area (Å²) in [5.41, 5.74) is -0.886. The Kier molecular flexibility index (Phi) is 13.9. The summed E-state index contributed by atoms with van der Waals surface area (Å²) >= 11 is 6.31. The fraction of sp³-hybridized carbons (Fsp3) is 0.359. The zero-order valence-corrected chi connectivity index (χ0v) is 29.7. The van der Waals surface area contributed by atoms with Crippen molar-refractivity contribution < 1.29 is 44.4 Å². The van der Waals surface area contributed by atoms with Crippen LogP contribution in [0.4, 0.5) is 0 Å². The number of carbonyl (C=O) groups is 5. The van der Waals surface area contributed by atoms with Crippen LogP contribution >= 0.6 is 11.6 Å². The van der Waals surface area contributed by atoms with E-state index in [9.17, 15) is 44.4 Å². The number of halogens is 1. The zero-order chi connectivity index (χ0) is 37.4. The van der Waals surface area contributed by atoms with Gasteiger partial charge in [0.25, 0.3) is 0 Å². The number of phenolic OH excluding ortho intramolecular Hbond substituents is 1. The molecule has 2 aliphatic heterocycles. The second-order valence-electron chi connectivity index (χ2n) is 12.8. The number of ketones is 4. The number of rotatable bonds is 0. The molecule has 10 nitrogen and oxygen atoms in total. The predicted molar refractivity (Wildman–Crippen MR) is 191 cm³/mol. The third kappa shape index (κ3) is 9.60. The van der Waals surface area contributed by atoms with E-state index in [0.29, 0.717) is 5.57 Å². The number of hydrogen-bond donors (Lipinski definition) is 5. The highest BCUT2D eigenvalue weighted by molar-refractivity contribution is 6.51. The van der Waals surface area contributed by atoms with Crippen LogP contribution in [-0.2, 0) is 9.59 Å². The van der Waals surface area contributed by atoms with E-state index in [4.69, 9.17) is 11.6 Å². The number of phenols is 1. The van der Waals surface area contributed by atoms with E-state index >= 15 is 0 Å². The standard InChI is InChI=1S/C39H44ClNO9/c1-20-11-9-7-8-10-12-30(45)41-34-33(40)39(50)31-27(38(34)49)18-25(6)37(48)32(31)36(47)24(5)17-23(4)35(46)22(3)14-16-26(42)15-13-21(2)29(44)19-28(20)43/h7-14,16-18,20,22-23,26,28,35,42-43,46,48H,15,19H2,1-6H3,(H,41,45)/b8-7-,11-9+,12-10-,16-14+,21-13+,24-17+/t20-,22-,23-,26-,28-,35-/m0/s1. The molecule has 266 valence electrons. The van der Waals surface area contributed by atoms with Crippen molar-refractivity contribution in [1.29, 1.82) is 0 Å². The minimum Gasteiger partial charge on any atom is -0.507 e. The number of fused-ring (bicyclic) bond motifs is 18. The average molecular weight is 706 g/mol. The van der Waals surface area contributed by atoms with Crippen LogP contribution < -0.4 is 5.32 Å². The molecular weight excluding hydrogens is 662 g/mol. The number of Topliss-reactive ketones (excluding diaryl/α,β-unsaturated/α-hetero) is 4. The minimum absolute atomic E-state index is 0.0807. The minimum atomic E-state index is -1.01. The highest BCUT2D eigenvalue weighted by Crippen LogP contribution is 2.37. The number of carbonyl (C=O) groups excluding carboxylic acids is 5. The van der Waals surface area contributed by atoms with Gasteiger partial charge in [0.1, 0.15) is 16.5 Å². The topological polar surface area (TPSA) is 178 Å². The van der Waals surface area contributed by atoms with E-state index < -0.39 is 81.0 Å². The van der Waals surface area contributed by atoms with Gasteiger partial charge in [-0.05, 0) is 50.0 Å². The molecule has 4 bridgehead atoms. The molecule has 1 aromatic carbocycles. The number of benzene rings is 1. The quantitative estimate of drug-likeness (QED) is 0.224. The lowest BCUT2D eigenvalue weighted by molar-refractivity contribution is -0.118. The number of aryl methyl sites for hydroxylation is 1. The van der Waals surface area contributed by atoms with Gasteiger partial charge in [0, 0.05) is 41.4 Å². The normalized spacial score (nSPS) is 31.4. The second-order valence-corrected chi connectivity index (χ2v) is 13.2. The van der Waals surface area contributed by atoms with Gasteiger partial charge in [-0.1, -0.05) is 87.1 Å². The molecule has 6 atom stereocenters. The molecule has 50 heavy (non-hydrogen) atoms. The first kappa shape index (κ1) is 40.0. The first-order valence-electron chi connectivity index (χ1n) is 16.3. The Labute approximate surface area is 296 Å². The van der Waals surface area contributed by atoms with Gasteiger partial charge < -0.3 is 25.7 Å². The van der Waals surface area contributed by atoms with Crippen molar-refractivity contribution in [1.82, 2.24) is 5.32 Å². The molecule has 4 rings (SSSR count). The van der Waals surface area contributed by atoms with Crippen molar-refractivity contribution in [3.05, 3.63) is 111 Å². The van der Waals surface area contributed by atoms with Crippen molar-refractivity contribution >= 4 is 40.6 Å². The molecule has 0 saturated heterocycles. The van der Waals surface area contributed by atoms with Crippen LogP contribution in [0.15, 0.2) is 88.7 Å². The van der Waals surface area contributed by atoms with Gasteiger partial charge in [-0.25, -0.2) is 0 Å². The van der Waals surface area contributed by atoms with Gasteiger partial charge in [-0.2, -0.15) is 0 Å². The summed E-state index contributed by atoms with van der Waals surface area (Å²) < 4.78 is 0. The van der Waals surface area contributed by atoms with Crippen molar-refractivity contribution in [3.8, 4) is 5.75 Å². The Morgan fingerprint density at radius 3 is 2.10 bits per heavy atom. The highest BCUT2D eigenvalue weighted by Gasteiger charge is 2.38. The van der Waals surface area contributed by atoms with E-state index in [1.807, 2.05) is 0 Å². The lowest BCUT2D eigenvalue weighted by Gasteiger charge is -2.23. The number of nitrogens with one attached hydrogen (secondary N) is 1. The summed E-state index contributed by atoms with van der Waals surface area (Å²) in [6, 6.07) is 1.25. The lowest BCUT2D eigenvalue weighted by Crippen LogP contribution is -2.33. The van der Waals surface area contributed by atoms with Gasteiger partial charge in [0.2, 0.25) is 17.5 Å². The summed E-state index contributed by atoms with van der Waals surface area (Å²) in [6.07, 6.45) is 12.2. The molecule has 0 saturated carbocycles. The van der Waals surface area contributed by atoms with Crippen LogP contribution in [0.1, 0.15) is 84.1 Å². The molecule has 3 aliphatic rings. The maximum Gasteiger partial charge on any atom is 0.248 e. The SMILES string of the molecule is C/C1=C\C[C@H](O)/C=C/[C@H](C)[C@H](O)[C@@H](C)/C=C(\C)C(=O)c2c(O)c(C)cc3c2C(=O)C(Cl)=C(NC(=O)\C=C/C=C\C=C\[C@H](C)[C@@H](O)CC1=O)C3=O. The van der Waals surface area contributed by atoms with Crippen molar-refractivity contribution in [2.45, 2.75) is 72.7 Å². The van der Waals surface area contributed by atoms with E-state index in [-0.39, 0.29) is 41.2 Å². The number of aliphatic hydroxyl groups is 3. The van der Waals surface area contributed by atoms with Crippen LogP contribution in [-0.4, -0.2) is 67.8 Å². The molecule has 0 radical (unpaired) electrons. The number of allylic oxidation sites excluding steroid dienone is 8. The van der Waals surface area contributed by atoms with Crippen LogP contribution in [0.3, 0.4) is 0 Å². The Balaban J connectivity index is 2.05. The first-order valence-corrected chi connectivity index (χ1v) is 16.7. The van der Waals surface area contributed by atoms with Crippen LogP contribution in [0.25, 0.3) is 0 Å². The Morgan fingerprint density at radius 1 is 0.760 bits per heavy atom. The van der Waals surface area contributed by atoms with Crippen molar-refractivity contribution in [2.24, 2.45) is 17.8 Å². The number of aliphatic hydroxyl groups excluding tert-OH is 3. The molecule has 0 spiro atoms. The maximum absolute atomic E-state index is 13.8. The molecule has 5 N–H and O–H groups in total. The fourth-order valence-electron chi connectivity index (χ4n) is 5.51. The molecule has 0 unspecified atom stereocenters. The molecule has 11 heteroatoms. The number of aromatic hydroxyl groups is 1. The van der Waals surface area contributed by atoms with E-state index in [1.165, 1.54) is 44.2 Å². The van der Waals surface area contributed by atoms with Crippen molar-refractivity contribution in [2.75, 3.05) is 0 Å². The Bertz CT molecular complexity index is 1770. The summed E-state index contributed by atoms with van der Waals surface area (Å²) in [5, 5.41) is 44.7. The molecule has 1 amide bonds. The predicted octanol–water partition coefficient (Wildman–Crippen LogP) is 5.30. The fourth-order valence-corrected chi connectivity index (χ4v) is 5.73. The van der Waals surface area contributed by atoms with Gasteiger partial charge >= 0.3 is 0 Å². The van der Waals surface area contributed by atoms with Crippen molar-refractivity contribution in [3.63, 3.8) is 0 Å². The van der Waals surface area contributed by atoms with E-state index in [2.05, 4.69) is 5.32 Å². The number of amides is 1. The van der Waals surface area contributed by atoms with Crippen LogP contribution in [0.5, 0.6) is 5.75 Å². The molecule has 0 fully saturated rings. The Hall–Kier alpha value is -4.48. The third-order valence-electron chi connectivity index (χ3n) is 8.77. The zero-order valence-electron chi connectivity index (χ0n) is 28.9. The van der Waals surface area contributed by atoms with Crippen LogP contribution in [0.2, 0.25) is 0 Å². The molecule has 2 heterocycles. The summed E-state index contributed by atoms with van der Waals surface area (Å²) in [7, 11) is 0. The van der Waals surface area contributed by atoms with E-state index in [0.717, 1.165) is 6.08 Å². The molecule has 1 aromatic rings. The third-order valence-corrected chi connectivity index (χ3v) is 9.13. The Morgan fingerprint density at radius 2 is 1.42 bits per heavy atom. The molecular formula is C39H44ClNO9. The maximum atomic E-state index is 13.8. The van der Waals surface area contributed by atoms with Gasteiger partial charge in [0.15, 0.2) is 11.6 Å². The average Bonchev–Trinajstić information content (AvgIpc) is 3.07. The van der Waals surface area contributed by atoms with Gasteiger partial charge in [-0.15, -0.1) is 0 Å².